The van der Waals surface area contributed by atoms with Gasteiger partial charge in [0, 0.05) is 0 Å². The summed E-state index contributed by atoms with van der Waals surface area (Å²) in [5, 5.41) is 0. The third-order valence-electron chi connectivity index (χ3n) is 1.41. The van der Waals surface area contributed by atoms with E-state index in [2.05, 4.69) is 13.8 Å². The fraction of sp³-hybridized carbons (Fsp3) is 1.00. The van der Waals surface area contributed by atoms with Crippen LogP contribution < -0.4 is 0 Å². The zero-order valence-electron chi connectivity index (χ0n) is 6.74. The predicted octanol–water partition coefficient (Wildman–Crippen LogP) is 2.48. The maximum absolute atomic E-state index is 2.29. The third kappa shape index (κ3) is 12.5. The van der Waals surface area contributed by atoms with Gasteiger partial charge in [-0.05, 0) is 0 Å². The van der Waals surface area contributed by atoms with E-state index in [1.165, 1.54) is 25.7 Å². The first-order chi connectivity index (χ1) is 4.41. The average Bonchev–Trinajstić information content (AvgIpc) is 1.89. The molecule has 0 fully saturated rings. The Labute approximate surface area is 98.1 Å². The monoisotopic (exact) mass is 258 g/mol. The molecule has 0 spiro atoms. The van der Waals surface area contributed by atoms with E-state index < -0.39 is 0 Å². The van der Waals surface area contributed by atoms with E-state index in [0.29, 0.717) is 0 Å². The first-order valence-corrected chi connectivity index (χ1v) is 8.16. The standard InChI is InChI=1S/2C4H9.Na.Sn.H/c2*1-3-4-2;;;/h2*1,3-4H2,2H3;;;. The minimum atomic E-state index is 0. The van der Waals surface area contributed by atoms with Gasteiger partial charge in [0.2, 0.25) is 0 Å². The van der Waals surface area contributed by atoms with Crippen LogP contribution >= 0.6 is 0 Å². The average molecular weight is 257 g/mol. The van der Waals surface area contributed by atoms with Gasteiger partial charge in [-0.1, -0.05) is 0 Å². The zero-order chi connectivity index (χ0) is 6.95. The molecule has 0 aliphatic carbocycles. The molecule has 0 heterocycles. The van der Waals surface area contributed by atoms with Gasteiger partial charge in [0.15, 0.2) is 0 Å². The van der Waals surface area contributed by atoms with Crippen LogP contribution in [-0.4, -0.2) is 50.7 Å². The van der Waals surface area contributed by atoms with E-state index in [9.17, 15) is 0 Å². The van der Waals surface area contributed by atoms with E-state index >= 15 is 0 Å². The summed E-state index contributed by atoms with van der Waals surface area (Å²) in [6.07, 6.45) is 5.84. The molecular formula is C8H19NaSn. The molecule has 0 saturated heterocycles. The molecule has 0 saturated carbocycles. The summed E-state index contributed by atoms with van der Waals surface area (Å²) in [6, 6.07) is 0. The summed E-state index contributed by atoms with van der Waals surface area (Å²) < 4.78 is 3.25. The zero-order valence-corrected chi connectivity index (χ0v) is 9.60. The van der Waals surface area contributed by atoms with Crippen molar-refractivity contribution in [1.82, 2.24) is 0 Å². The van der Waals surface area contributed by atoms with Gasteiger partial charge in [-0.2, -0.15) is 0 Å². The van der Waals surface area contributed by atoms with Crippen LogP contribution in [0.15, 0.2) is 0 Å². The molecule has 0 aromatic carbocycles. The fourth-order valence-corrected chi connectivity index (χ4v) is 4.89. The fourth-order valence-electron chi connectivity index (χ4n) is 0.729. The number of hydrogen-bond donors (Lipinski definition) is 0. The maximum atomic E-state index is 2.29. The van der Waals surface area contributed by atoms with Gasteiger partial charge in [0.25, 0.3) is 0 Å². The van der Waals surface area contributed by atoms with Crippen LogP contribution in [0.3, 0.4) is 0 Å². The van der Waals surface area contributed by atoms with Crippen LogP contribution in [0.4, 0.5) is 0 Å². The summed E-state index contributed by atoms with van der Waals surface area (Å²) in [5.41, 5.74) is 0. The number of hydrogen-bond acceptors (Lipinski definition) is 0. The van der Waals surface area contributed by atoms with Gasteiger partial charge in [0.1, 0.15) is 0 Å². The third-order valence-corrected chi connectivity index (χ3v) is 5.45. The van der Waals surface area contributed by atoms with Crippen molar-refractivity contribution in [2.75, 3.05) is 0 Å². The second-order valence-corrected chi connectivity index (χ2v) is 6.74. The van der Waals surface area contributed by atoms with Gasteiger partial charge in [-0.3, -0.25) is 0 Å². The number of unbranched alkanes of at least 4 members (excludes halogenated alkanes) is 2. The Hall–Kier alpha value is 1.80. The van der Waals surface area contributed by atoms with Crippen molar-refractivity contribution in [3.63, 3.8) is 0 Å². The topological polar surface area (TPSA) is 0 Å². The van der Waals surface area contributed by atoms with Crippen molar-refractivity contribution in [3.05, 3.63) is 0 Å². The van der Waals surface area contributed by atoms with Crippen LogP contribution in [0.25, 0.3) is 0 Å². The first-order valence-electron chi connectivity index (χ1n) is 4.12. The number of rotatable bonds is 6. The van der Waals surface area contributed by atoms with Crippen LogP contribution in [0.5, 0.6) is 0 Å². The molecule has 56 valence electrons. The Bertz CT molecular complexity index is 42.5. The molecule has 0 atom stereocenters. The van der Waals surface area contributed by atoms with Crippen LogP contribution in [-0.2, 0) is 0 Å². The van der Waals surface area contributed by atoms with E-state index in [1.54, 1.807) is 8.87 Å². The van der Waals surface area contributed by atoms with Crippen molar-refractivity contribution in [1.29, 1.82) is 0 Å². The van der Waals surface area contributed by atoms with Gasteiger partial charge < -0.3 is 0 Å². The van der Waals surface area contributed by atoms with E-state index in [1.807, 2.05) is 0 Å². The molecule has 10 heavy (non-hydrogen) atoms. The normalized spacial score (nSPS) is 9.00. The molecular weight excluding hydrogens is 238 g/mol. The van der Waals surface area contributed by atoms with E-state index in [4.69, 9.17) is 0 Å². The van der Waals surface area contributed by atoms with Crippen LogP contribution in [0.2, 0.25) is 8.87 Å². The summed E-state index contributed by atoms with van der Waals surface area (Å²) in [4.78, 5) is 0. The van der Waals surface area contributed by atoms with Gasteiger partial charge >= 0.3 is 99.1 Å². The Balaban J connectivity index is 0. The molecule has 0 N–H and O–H groups in total. The van der Waals surface area contributed by atoms with Crippen LogP contribution in [0.1, 0.15) is 39.5 Å². The molecule has 0 nitrogen and oxygen atoms in total. The summed E-state index contributed by atoms with van der Waals surface area (Å²) in [6.45, 7) is 4.58. The Kier molecular flexibility index (Phi) is 19.2. The molecule has 0 aliphatic rings. The Morgan fingerprint density at radius 2 is 1.30 bits per heavy atom. The van der Waals surface area contributed by atoms with Crippen molar-refractivity contribution in [3.8, 4) is 0 Å². The van der Waals surface area contributed by atoms with Crippen molar-refractivity contribution >= 4 is 50.7 Å². The van der Waals surface area contributed by atoms with Gasteiger partial charge in [0.05, 0.1) is 0 Å². The molecule has 0 aliphatic heterocycles. The quantitative estimate of drug-likeness (QED) is 0.506. The predicted molar refractivity (Wildman–Crippen MR) is 52.3 cm³/mol. The Morgan fingerprint density at radius 3 is 1.60 bits per heavy atom. The summed E-state index contributed by atoms with van der Waals surface area (Å²) in [5.74, 6) is 0. The van der Waals surface area contributed by atoms with Gasteiger partial charge in [-0.15, -0.1) is 0 Å². The molecule has 0 aromatic heterocycles. The Morgan fingerprint density at radius 1 is 0.900 bits per heavy atom. The minimum absolute atomic E-state index is 0. The van der Waals surface area contributed by atoms with E-state index in [0.717, 1.165) is 0 Å². The SMILES string of the molecule is CCC[CH2][Sn][CH2]CCC.[NaH]. The van der Waals surface area contributed by atoms with Crippen LogP contribution in [0, 0.1) is 0 Å². The molecule has 0 aromatic rings. The second-order valence-electron chi connectivity index (χ2n) is 2.46. The molecule has 0 unspecified atom stereocenters. The summed E-state index contributed by atoms with van der Waals surface area (Å²) >= 11 is 0.149. The molecule has 0 amide bonds. The first kappa shape index (κ1) is 14.3. The molecule has 2 heteroatoms. The summed E-state index contributed by atoms with van der Waals surface area (Å²) in [7, 11) is 0. The van der Waals surface area contributed by atoms with Crippen molar-refractivity contribution < 1.29 is 0 Å². The molecule has 0 rings (SSSR count). The van der Waals surface area contributed by atoms with E-state index in [-0.39, 0.29) is 50.7 Å². The molecule has 2 radical (unpaired) electrons. The van der Waals surface area contributed by atoms with Crippen molar-refractivity contribution in [2.45, 2.75) is 48.4 Å². The van der Waals surface area contributed by atoms with Crippen molar-refractivity contribution in [2.24, 2.45) is 0 Å². The van der Waals surface area contributed by atoms with Gasteiger partial charge in [-0.25, -0.2) is 0 Å². The molecule has 0 bridgehead atoms. The second kappa shape index (κ2) is 13.4.